The van der Waals surface area contributed by atoms with Gasteiger partial charge in [0.1, 0.15) is 0 Å². The zero-order chi connectivity index (χ0) is 20.5. The Kier molecular flexibility index (Phi) is 5.51. The lowest BCUT2D eigenvalue weighted by atomic mass is 10.1. The fraction of sp³-hybridized carbons (Fsp3) is 0.400. The number of thiophene rings is 1. The second-order valence-electron chi connectivity index (χ2n) is 7.83. The molecule has 0 unspecified atom stereocenters. The third kappa shape index (κ3) is 4.39. The number of nitrogens with zero attached hydrogens (tertiary/aromatic N) is 3. The molecular weight excluding hydrogens is 376 g/mol. The van der Waals surface area contributed by atoms with Crippen molar-refractivity contribution < 1.29 is 14.3 Å². The number of carbonyl (C=O) groups is 2. The summed E-state index contributed by atoms with van der Waals surface area (Å²) in [5, 5.41) is 9.71. The summed E-state index contributed by atoms with van der Waals surface area (Å²) in [7, 11) is 0. The Labute approximate surface area is 167 Å². The van der Waals surface area contributed by atoms with Gasteiger partial charge in [0, 0.05) is 11.6 Å². The number of carbonyl (C=O) groups excluding carboxylic acids is 2. The maximum Gasteiger partial charge on any atom is 0.339 e. The molecule has 0 aliphatic heterocycles. The van der Waals surface area contributed by atoms with E-state index in [2.05, 4.69) is 10.4 Å². The highest BCUT2D eigenvalue weighted by Gasteiger charge is 2.21. The minimum atomic E-state index is -0.572. The van der Waals surface area contributed by atoms with E-state index in [0.29, 0.717) is 22.3 Å². The number of esters is 1. The highest BCUT2D eigenvalue weighted by atomic mass is 32.1. The second kappa shape index (κ2) is 7.71. The summed E-state index contributed by atoms with van der Waals surface area (Å²) in [5.41, 5.74) is 1.25. The van der Waals surface area contributed by atoms with Crippen LogP contribution in [0.4, 0.5) is 0 Å². The first kappa shape index (κ1) is 20.0. The maximum atomic E-state index is 12.8. The van der Waals surface area contributed by atoms with E-state index >= 15 is 0 Å². The lowest BCUT2D eigenvalue weighted by Gasteiger charge is -2.20. The van der Waals surface area contributed by atoms with Crippen LogP contribution in [0.25, 0.3) is 21.6 Å². The molecular formula is C20H24N4O3S. The van der Waals surface area contributed by atoms with Crippen LogP contribution in [0.15, 0.2) is 29.8 Å². The fourth-order valence-electron chi connectivity index (χ4n) is 2.78. The molecule has 3 rings (SSSR count). The first-order valence-corrected chi connectivity index (χ1v) is 9.94. The topological polar surface area (TPSA) is 86.1 Å². The lowest BCUT2D eigenvalue weighted by Crippen LogP contribution is -2.42. The van der Waals surface area contributed by atoms with Gasteiger partial charge < -0.3 is 10.1 Å². The molecule has 3 heterocycles. The minimum absolute atomic E-state index is 0.0880. The molecule has 0 atom stereocenters. The Morgan fingerprint density at radius 1 is 1.32 bits per heavy atom. The zero-order valence-electron chi connectivity index (χ0n) is 16.6. The van der Waals surface area contributed by atoms with Crippen LogP contribution in [0.1, 0.15) is 51.0 Å². The van der Waals surface area contributed by atoms with Gasteiger partial charge in [-0.3, -0.25) is 4.79 Å². The van der Waals surface area contributed by atoms with Gasteiger partial charge in [-0.1, -0.05) is 6.07 Å². The first-order chi connectivity index (χ1) is 13.2. The third-order valence-electron chi connectivity index (χ3n) is 3.90. The molecule has 1 N–H and O–H groups in total. The van der Waals surface area contributed by atoms with Crippen molar-refractivity contribution in [1.82, 2.24) is 20.1 Å². The average molecular weight is 401 g/mol. The second-order valence-corrected chi connectivity index (χ2v) is 8.77. The van der Waals surface area contributed by atoms with Crippen LogP contribution in [-0.2, 0) is 9.53 Å². The van der Waals surface area contributed by atoms with Crippen LogP contribution >= 0.6 is 11.3 Å². The molecule has 3 aromatic heterocycles. The molecule has 0 spiro atoms. The van der Waals surface area contributed by atoms with Crippen molar-refractivity contribution in [3.05, 3.63) is 35.3 Å². The number of hydrogen-bond acceptors (Lipinski definition) is 6. The van der Waals surface area contributed by atoms with Gasteiger partial charge in [-0.25, -0.2) is 14.5 Å². The molecule has 0 saturated carbocycles. The Morgan fingerprint density at radius 2 is 2.07 bits per heavy atom. The number of rotatable bonds is 5. The van der Waals surface area contributed by atoms with Gasteiger partial charge in [0.2, 0.25) is 0 Å². The van der Waals surface area contributed by atoms with Crippen molar-refractivity contribution in [3.8, 4) is 10.6 Å². The summed E-state index contributed by atoms with van der Waals surface area (Å²) in [5.74, 6) is -0.917. The van der Waals surface area contributed by atoms with Gasteiger partial charge in [0.25, 0.3) is 5.91 Å². The summed E-state index contributed by atoms with van der Waals surface area (Å²) in [6.45, 7) is 9.26. The van der Waals surface area contributed by atoms with Gasteiger partial charge in [0.15, 0.2) is 12.3 Å². The van der Waals surface area contributed by atoms with E-state index in [9.17, 15) is 9.59 Å². The lowest BCUT2D eigenvalue weighted by molar-refractivity contribution is -0.125. The average Bonchev–Trinajstić information content (AvgIpc) is 3.26. The summed E-state index contributed by atoms with van der Waals surface area (Å²) in [6.07, 6.45) is 1.62. The van der Waals surface area contributed by atoms with Crippen molar-refractivity contribution in [3.63, 3.8) is 0 Å². The molecule has 0 bridgehead atoms. The number of amides is 1. The van der Waals surface area contributed by atoms with Gasteiger partial charge in [-0.05, 0) is 52.1 Å². The fourth-order valence-corrected chi connectivity index (χ4v) is 3.46. The van der Waals surface area contributed by atoms with Crippen molar-refractivity contribution in [2.45, 2.75) is 46.2 Å². The Morgan fingerprint density at radius 3 is 2.68 bits per heavy atom. The highest BCUT2D eigenvalue weighted by molar-refractivity contribution is 7.13. The minimum Gasteiger partial charge on any atom is -0.452 e. The molecule has 0 saturated heterocycles. The van der Waals surface area contributed by atoms with Crippen molar-refractivity contribution >= 4 is 34.2 Å². The van der Waals surface area contributed by atoms with E-state index in [1.807, 2.05) is 52.1 Å². The molecule has 8 heteroatoms. The molecule has 1 amide bonds. The van der Waals surface area contributed by atoms with E-state index in [0.717, 1.165) is 4.88 Å². The van der Waals surface area contributed by atoms with E-state index in [1.165, 1.54) is 11.3 Å². The molecule has 0 aliphatic carbocycles. The van der Waals surface area contributed by atoms with Crippen LogP contribution in [0.2, 0.25) is 0 Å². The van der Waals surface area contributed by atoms with Crippen molar-refractivity contribution in [2.75, 3.05) is 6.61 Å². The van der Waals surface area contributed by atoms with Crippen LogP contribution in [0, 0.1) is 0 Å². The van der Waals surface area contributed by atoms with Crippen LogP contribution in [0.3, 0.4) is 0 Å². The predicted molar refractivity (Wildman–Crippen MR) is 109 cm³/mol. The van der Waals surface area contributed by atoms with Crippen LogP contribution in [0.5, 0.6) is 0 Å². The maximum absolute atomic E-state index is 12.8. The Hall–Kier alpha value is -2.74. The molecule has 7 nitrogen and oxygen atoms in total. The van der Waals surface area contributed by atoms with E-state index in [-0.39, 0.29) is 18.6 Å². The SMILES string of the molecule is CC(C)n1ncc2c(C(=O)OCC(=O)NC(C)(C)C)cc(-c3cccs3)nc21. The largest absolute Gasteiger partial charge is 0.452 e. The molecule has 0 radical (unpaired) electrons. The number of nitrogens with one attached hydrogen (secondary N) is 1. The highest BCUT2D eigenvalue weighted by Crippen LogP contribution is 2.29. The Bertz CT molecular complexity index is 1000. The standard InChI is InChI=1S/C20H24N4O3S/c1-12(2)24-18-14(10-21-24)13(9-15(22-18)16-7-6-8-28-16)19(26)27-11-17(25)23-20(3,4)5/h6-10,12H,11H2,1-5H3,(H,23,25). The van der Waals surface area contributed by atoms with Crippen LogP contribution < -0.4 is 5.32 Å². The number of aromatic nitrogens is 3. The monoisotopic (exact) mass is 400 g/mol. The van der Waals surface area contributed by atoms with E-state index in [4.69, 9.17) is 9.72 Å². The Balaban J connectivity index is 1.95. The number of hydrogen-bond donors (Lipinski definition) is 1. The number of pyridine rings is 1. The van der Waals surface area contributed by atoms with Crippen molar-refractivity contribution in [2.24, 2.45) is 0 Å². The molecule has 148 valence electrons. The molecule has 0 aliphatic rings. The smallest absolute Gasteiger partial charge is 0.339 e. The zero-order valence-corrected chi connectivity index (χ0v) is 17.5. The van der Waals surface area contributed by atoms with Gasteiger partial charge in [-0.15, -0.1) is 11.3 Å². The number of fused-ring (bicyclic) bond motifs is 1. The van der Waals surface area contributed by atoms with Crippen molar-refractivity contribution in [1.29, 1.82) is 0 Å². The quantitative estimate of drug-likeness (QED) is 0.658. The van der Waals surface area contributed by atoms with E-state index in [1.54, 1.807) is 16.9 Å². The summed E-state index contributed by atoms with van der Waals surface area (Å²) in [6, 6.07) is 5.66. The number of ether oxygens (including phenoxy) is 1. The van der Waals surface area contributed by atoms with Crippen LogP contribution in [-0.4, -0.2) is 38.8 Å². The third-order valence-corrected chi connectivity index (χ3v) is 4.79. The first-order valence-electron chi connectivity index (χ1n) is 9.06. The molecule has 3 aromatic rings. The predicted octanol–water partition coefficient (Wildman–Crippen LogP) is 3.81. The normalized spacial score (nSPS) is 11.8. The molecule has 28 heavy (non-hydrogen) atoms. The van der Waals surface area contributed by atoms with Gasteiger partial charge >= 0.3 is 5.97 Å². The summed E-state index contributed by atoms with van der Waals surface area (Å²) < 4.78 is 7.05. The van der Waals surface area contributed by atoms with Gasteiger partial charge in [0.05, 0.1) is 27.7 Å². The summed E-state index contributed by atoms with van der Waals surface area (Å²) >= 11 is 1.54. The van der Waals surface area contributed by atoms with E-state index < -0.39 is 11.5 Å². The van der Waals surface area contributed by atoms with Gasteiger partial charge in [-0.2, -0.15) is 5.10 Å². The molecule has 0 aromatic carbocycles. The molecule has 0 fully saturated rings. The summed E-state index contributed by atoms with van der Waals surface area (Å²) in [4.78, 5) is 30.4.